The monoisotopic (exact) mass is 478 g/mol. The van der Waals surface area contributed by atoms with Gasteiger partial charge in [0.05, 0.1) is 37.2 Å². The summed E-state index contributed by atoms with van der Waals surface area (Å²) in [4.78, 5) is 21.2. The summed E-state index contributed by atoms with van der Waals surface area (Å²) < 4.78 is 15.6. The summed E-state index contributed by atoms with van der Waals surface area (Å²) >= 11 is 0. The van der Waals surface area contributed by atoms with Crippen LogP contribution in [0.25, 0.3) is 11.3 Å². The van der Waals surface area contributed by atoms with Crippen LogP contribution in [0, 0.1) is 0 Å². The number of hydrogen-bond acceptors (Lipinski definition) is 7. The van der Waals surface area contributed by atoms with Gasteiger partial charge in [0.2, 0.25) is 0 Å². The molecular formula is C24H30N8O3. The molecule has 3 aromatic rings. The molecule has 11 nitrogen and oxygen atoms in total. The minimum absolute atomic E-state index is 0.0643. The molecule has 0 bridgehead atoms. The molecule has 3 aromatic heterocycles. The van der Waals surface area contributed by atoms with Crippen molar-refractivity contribution in [2.75, 3.05) is 44.9 Å². The lowest BCUT2D eigenvalue weighted by Crippen LogP contribution is -2.42. The highest BCUT2D eigenvalue weighted by Gasteiger charge is 2.34. The van der Waals surface area contributed by atoms with Crippen molar-refractivity contribution in [2.24, 2.45) is 7.05 Å². The molecule has 6 heterocycles. The lowest BCUT2D eigenvalue weighted by atomic mass is 10.0. The first-order valence-electron chi connectivity index (χ1n) is 12.2. The Morgan fingerprint density at radius 1 is 1.17 bits per heavy atom. The molecule has 1 N–H and O–H groups in total. The zero-order chi connectivity index (χ0) is 23.9. The van der Waals surface area contributed by atoms with E-state index >= 15 is 0 Å². The largest absolute Gasteiger partial charge is 0.489 e. The molecule has 3 aliphatic rings. The molecule has 0 aromatic carbocycles. The quantitative estimate of drug-likeness (QED) is 0.616. The van der Waals surface area contributed by atoms with Crippen LogP contribution in [-0.2, 0) is 24.8 Å². The van der Waals surface area contributed by atoms with Gasteiger partial charge in [0.15, 0.2) is 5.82 Å². The number of ether oxygens (including phenoxy) is 2. The molecule has 0 spiro atoms. The van der Waals surface area contributed by atoms with Crippen molar-refractivity contribution >= 4 is 17.5 Å². The van der Waals surface area contributed by atoms with Crippen molar-refractivity contribution in [1.29, 1.82) is 0 Å². The van der Waals surface area contributed by atoms with Crippen LogP contribution in [0.1, 0.15) is 30.1 Å². The van der Waals surface area contributed by atoms with E-state index in [1.807, 2.05) is 30.4 Å². The Morgan fingerprint density at radius 2 is 2.03 bits per heavy atom. The molecule has 11 heteroatoms. The predicted octanol–water partition coefficient (Wildman–Crippen LogP) is 2.26. The van der Waals surface area contributed by atoms with Crippen molar-refractivity contribution in [3.63, 3.8) is 0 Å². The SMILES string of the molecule is CNC(=O)N1CCc2c(c(N3CCOc4cc(-c5cnn(C)c5)ncc43)nn2C2CCOCC2)C1. The van der Waals surface area contributed by atoms with Crippen LogP contribution >= 0.6 is 0 Å². The van der Waals surface area contributed by atoms with E-state index in [0.29, 0.717) is 32.3 Å². The van der Waals surface area contributed by atoms with Crippen LogP contribution < -0.4 is 15.0 Å². The van der Waals surface area contributed by atoms with Gasteiger partial charge in [0.25, 0.3) is 0 Å². The third-order valence-corrected chi connectivity index (χ3v) is 7.07. The van der Waals surface area contributed by atoms with Gasteiger partial charge in [-0.3, -0.25) is 14.3 Å². The Morgan fingerprint density at radius 3 is 2.80 bits per heavy atom. The van der Waals surface area contributed by atoms with E-state index < -0.39 is 0 Å². The molecular weight excluding hydrogens is 448 g/mol. The second-order valence-corrected chi connectivity index (χ2v) is 9.20. The van der Waals surface area contributed by atoms with E-state index in [4.69, 9.17) is 19.6 Å². The van der Waals surface area contributed by atoms with Gasteiger partial charge >= 0.3 is 6.03 Å². The number of urea groups is 1. The van der Waals surface area contributed by atoms with Crippen molar-refractivity contribution in [1.82, 2.24) is 34.8 Å². The average Bonchev–Trinajstić information content (AvgIpc) is 3.51. The van der Waals surface area contributed by atoms with Gasteiger partial charge in [0, 0.05) is 69.4 Å². The smallest absolute Gasteiger partial charge is 0.317 e. The Bertz CT molecular complexity index is 1250. The zero-order valence-corrected chi connectivity index (χ0v) is 20.1. The Hall–Kier alpha value is -3.60. The highest BCUT2D eigenvalue weighted by Crippen LogP contribution is 2.41. The molecule has 0 saturated carbocycles. The van der Waals surface area contributed by atoms with Crippen molar-refractivity contribution in [3.8, 4) is 17.0 Å². The fraction of sp³-hybridized carbons (Fsp3) is 0.500. The van der Waals surface area contributed by atoms with Crippen molar-refractivity contribution in [2.45, 2.75) is 31.8 Å². The summed E-state index contributed by atoms with van der Waals surface area (Å²) in [6.45, 7) is 3.92. The number of fused-ring (bicyclic) bond motifs is 2. The van der Waals surface area contributed by atoms with Gasteiger partial charge in [-0.1, -0.05) is 0 Å². The molecule has 184 valence electrons. The van der Waals surface area contributed by atoms with Gasteiger partial charge in [-0.2, -0.15) is 10.2 Å². The number of nitrogens with one attached hydrogen (secondary N) is 1. The number of carbonyl (C=O) groups is 1. The zero-order valence-electron chi connectivity index (χ0n) is 20.1. The topological polar surface area (TPSA) is 103 Å². The van der Waals surface area contributed by atoms with E-state index in [-0.39, 0.29) is 6.03 Å². The van der Waals surface area contributed by atoms with E-state index in [9.17, 15) is 4.79 Å². The van der Waals surface area contributed by atoms with E-state index in [1.165, 1.54) is 5.69 Å². The molecule has 3 aliphatic heterocycles. The first-order valence-corrected chi connectivity index (χ1v) is 12.2. The third-order valence-electron chi connectivity index (χ3n) is 7.07. The standard InChI is InChI=1S/C24H30N8O3/c1-25-24(33)30-6-3-20-18(15-30)23(28-32(20)17-4-8-34-9-5-17)31-7-10-35-22-11-19(26-13-21(22)31)16-12-27-29(2)14-16/h11-14,17H,3-10,15H2,1-2H3,(H,25,33). The molecule has 0 atom stereocenters. The predicted molar refractivity (Wildman–Crippen MR) is 129 cm³/mol. The Kier molecular flexibility index (Phi) is 5.56. The molecule has 35 heavy (non-hydrogen) atoms. The number of amides is 2. The highest BCUT2D eigenvalue weighted by atomic mass is 16.5. The molecule has 1 saturated heterocycles. The first-order chi connectivity index (χ1) is 17.1. The van der Waals surface area contributed by atoms with Crippen LogP contribution in [0.3, 0.4) is 0 Å². The maximum Gasteiger partial charge on any atom is 0.317 e. The van der Waals surface area contributed by atoms with Crippen LogP contribution in [0.5, 0.6) is 5.75 Å². The molecule has 0 unspecified atom stereocenters. The second-order valence-electron chi connectivity index (χ2n) is 9.20. The van der Waals surface area contributed by atoms with Crippen molar-refractivity contribution < 1.29 is 14.3 Å². The molecule has 0 radical (unpaired) electrons. The minimum Gasteiger partial charge on any atom is -0.489 e. The molecule has 6 rings (SSSR count). The molecule has 1 fully saturated rings. The van der Waals surface area contributed by atoms with E-state index in [2.05, 4.69) is 20.0 Å². The maximum atomic E-state index is 12.5. The Balaban J connectivity index is 1.40. The fourth-order valence-corrected chi connectivity index (χ4v) is 5.26. The van der Waals surface area contributed by atoms with E-state index in [0.717, 1.165) is 66.6 Å². The highest BCUT2D eigenvalue weighted by molar-refractivity contribution is 5.76. The molecule has 0 aliphatic carbocycles. The summed E-state index contributed by atoms with van der Waals surface area (Å²) in [5, 5.41) is 12.2. The fourth-order valence-electron chi connectivity index (χ4n) is 5.26. The first kappa shape index (κ1) is 21.9. The summed E-state index contributed by atoms with van der Waals surface area (Å²) in [5.74, 6) is 1.67. The van der Waals surface area contributed by atoms with E-state index in [1.54, 1.807) is 17.9 Å². The summed E-state index contributed by atoms with van der Waals surface area (Å²) in [6.07, 6.45) is 8.27. The van der Waals surface area contributed by atoms with Gasteiger partial charge in [-0.15, -0.1) is 0 Å². The third kappa shape index (κ3) is 3.89. The maximum absolute atomic E-state index is 12.5. The molecule has 2 amide bonds. The normalized spacial score (nSPS) is 18.1. The van der Waals surface area contributed by atoms with Gasteiger partial charge in [-0.05, 0) is 12.8 Å². The average molecular weight is 479 g/mol. The Labute approximate surface area is 203 Å². The number of anilines is 2. The number of nitrogens with zero attached hydrogens (tertiary/aromatic N) is 7. The van der Waals surface area contributed by atoms with Crippen LogP contribution in [0.2, 0.25) is 0 Å². The van der Waals surface area contributed by atoms with Gasteiger partial charge in [-0.25, -0.2) is 4.79 Å². The number of aromatic nitrogens is 5. The van der Waals surface area contributed by atoms with Crippen LogP contribution in [0.15, 0.2) is 24.7 Å². The minimum atomic E-state index is -0.0643. The number of carbonyl (C=O) groups excluding carboxylic acids is 1. The van der Waals surface area contributed by atoms with Crippen molar-refractivity contribution in [3.05, 3.63) is 35.9 Å². The van der Waals surface area contributed by atoms with Crippen LogP contribution in [0.4, 0.5) is 16.3 Å². The summed E-state index contributed by atoms with van der Waals surface area (Å²) in [6, 6.07) is 2.21. The lowest BCUT2D eigenvalue weighted by Gasteiger charge is -2.32. The van der Waals surface area contributed by atoms with Gasteiger partial charge in [0.1, 0.15) is 18.0 Å². The summed E-state index contributed by atoms with van der Waals surface area (Å²) in [5.41, 5.74) is 4.98. The lowest BCUT2D eigenvalue weighted by molar-refractivity contribution is 0.0651. The summed E-state index contributed by atoms with van der Waals surface area (Å²) in [7, 11) is 3.56. The number of aryl methyl sites for hydroxylation is 1. The second kappa shape index (κ2) is 8.88. The van der Waals surface area contributed by atoms with Crippen LogP contribution in [-0.4, -0.2) is 75.4 Å². The number of rotatable bonds is 3. The number of pyridine rings is 1. The number of hydrogen-bond donors (Lipinski definition) is 1. The van der Waals surface area contributed by atoms with Gasteiger partial charge < -0.3 is 24.6 Å².